The second-order valence-electron chi connectivity index (χ2n) is 7.90. The van der Waals surface area contributed by atoms with Crippen LogP contribution in [0, 0.1) is 4.77 Å². The molecule has 0 aromatic carbocycles. The molecule has 0 saturated carbocycles. The van der Waals surface area contributed by atoms with Gasteiger partial charge in [0, 0.05) is 17.3 Å². The number of hydrogen-bond acceptors (Lipinski definition) is 6. The Balaban J connectivity index is 1.99. The number of fused-ring (bicyclic) bond motifs is 1. The molecule has 1 aliphatic heterocycles. The fourth-order valence-electron chi connectivity index (χ4n) is 3.14. The fourth-order valence-corrected chi connectivity index (χ4v) is 3.45. The summed E-state index contributed by atoms with van der Waals surface area (Å²) in [5.74, 6) is -1.16. The normalized spacial score (nSPS) is 16.3. The van der Waals surface area contributed by atoms with Crippen molar-refractivity contribution in [1.29, 1.82) is 0 Å². The molecular weight excluding hydrogens is 396 g/mol. The van der Waals surface area contributed by atoms with Crippen LogP contribution in [0.3, 0.4) is 0 Å². The zero-order valence-electron chi connectivity index (χ0n) is 16.6. The van der Waals surface area contributed by atoms with Gasteiger partial charge in [0.2, 0.25) is 0 Å². The summed E-state index contributed by atoms with van der Waals surface area (Å²) in [6, 6.07) is 2.55. The van der Waals surface area contributed by atoms with Gasteiger partial charge in [-0.3, -0.25) is 14.3 Å². The van der Waals surface area contributed by atoms with Gasteiger partial charge in [-0.2, -0.15) is 0 Å². The minimum Gasteiger partial charge on any atom is -0.477 e. The Morgan fingerprint density at radius 2 is 2.03 bits per heavy atom. The van der Waals surface area contributed by atoms with Gasteiger partial charge in [-0.05, 0) is 58.5 Å². The first-order valence-corrected chi connectivity index (χ1v) is 9.45. The Kier molecular flexibility index (Phi) is 5.31. The molecule has 9 nitrogen and oxygen atoms in total. The summed E-state index contributed by atoms with van der Waals surface area (Å²) in [5.41, 5.74) is 0.387. The van der Waals surface area contributed by atoms with E-state index in [1.165, 1.54) is 22.9 Å². The highest BCUT2D eigenvalue weighted by molar-refractivity contribution is 7.71. The number of carboxylic acids is 1. The molecule has 0 aliphatic carbocycles. The van der Waals surface area contributed by atoms with E-state index in [1.54, 1.807) is 25.7 Å². The summed E-state index contributed by atoms with van der Waals surface area (Å²) in [6.07, 6.45) is 1.17. The number of aromatic carboxylic acids is 1. The first kappa shape index (κ1) is 20.7. The molecule has 2 aromatic rings. The Hall–Kier alpha value is -3.01. The summed E-state index contributed by atoms with van der Waals surface area (Å²) >= 11 is 5.34. The number of carbonyl (C=O) groups is 2. The molecule has 1 atom stereocenters. The van der Waals surface area contributed by atoms with Gasteiger partial charge in [-0.1, -0.05) is 0 Å². The van der Waals surface area contributed by atoms with Gasteiger partial charge in [-0.15, -0.1) is 0 Å². The molecule has 2 aromatic heterocycles. The van der Waals surface area contributed by atoms with Crippen LogP contribution in [-0.4, -0.2) is 48.2 Å². The van der Waals surface area contributed by atoms with Gasteiger partial charge in [0.15, 0.2) is 4.77 Å². The quantitative estimate of drug-likeness (QED) is 0.720. The molecule has 1 aliphatic rings. The number of amides is 1. The van der Waals surface area contributed by atoms with Crippen LogP contribution in [0.15, 0.2) is 23.1 Å². The summed E-state index contributed by atoms with van der Waals surface area (Å²) in [5, 5.41) is 8.98. The smallest absolute Gasteiger partial charge is 0.410 e. The van der Waals surface area contributed by atoms with Crippen molar-refractivity contribution in [3.8, 4) is 5.69 Å². The van der Waals surface area contributed by atoms with E-state index in [0.717, 1.165) is 0 Å². The molecule has 0 bridgehead atoms. The number of aromatic nitrogens is 3. The summed E-state index contributed by atoms with van der Waals surface area (Å²) in [4.78, 5) is 45.0. The van der Waals surface area contributed by atoms with Gasteiger partial charge in [0.05, 0.1) is 18.4 Å². The minimum atomic E-state index is -1.16. The molecule has 29 heavy (non-hydrogen) atoms. The average molecular weight is 418 g/mol. The standard InChI is InChI=1S/C19H22N4O5S/c1-10-7-12-14(9-22(10)18(27)28-19(2,3)4)21-17(29)23(15(12)24)11-5-6-13(16(25)26)20-8-11/h5-6,8,10H,7,9H2,1-4H3,(H,21,29)(H,25,26)/t10-/m1/s1. The monoisotopic (exact) mass is 418 g/mol. The molecule has 3 heterocycles. The SMILES string of the molecule is C[C@@H]1Cc2c([nH]c(=S)n(-c3ccc(C(=O)O)nc3)c2=O)CN1C(=O)OC(C)(C)C. The van der Waals surface area contributed by atoms with Gasteiger partial charge in [0.25, 0.3) is 5.56 Å². The molecule has 0 spiro atoms. The van der Waals surface area contributed by atoms with Crippen molar-refractivity contribution >= 4 is 24.3 Å². The molecule has 154 valence electrons. The number of aromatic amines is 1. The molecular formula is C19H22N4O5S. The molecule has 0 unspecified atom stereocenters. The number of ether oxygens (including phenoxy) is 1. The van der Waals surface area contributed by atoms with Crippen molar-refractivity contribution < 1.29 is 19.4 Å². The number of nitrogens with one attached hydrogen (secondary N) is 1. The van der Waals surface area contributed by atoms with Crippen LogP contribution < -0.4 is 5.56 Å². The number of rotatable bonds is 2. The third kappa shape index (κ3) is 4.21. The van der Waals surface area contributed by atoms with E-state index in [-0.39, 0.29) is 28.6 Å². The summed E-state index contributed by atoms with van der Waals surface area (Å²) in [7, 11) is 0. The largest absolute Gasteiger partial charge is 0.477 e. The van der Waals surface area contributed by atoms with Crippen LogP contribution >= 0.6 is 12.2 Å². The van der Waals surface area contributed by atoms with Crippen LogP contribution in [0.5, 0.6) is 0 Å². The lowest BCUT2D eigenvalue weighted by Gasteiger charge is -2.35. The van der Waals surface area contributed by atoms with Crippen molar-refractivity contribution in [3.63, 3.8) is 0 Å². The molecule has 0 saturated heterocycles. The van der Waals surface area contributed by atoms with Crippen LogP contribution in [0.4, 0.5) is 4.79 Å². The Morgan fingerprint density at radius 3 is 2.59 bits per heavy atom. The lowest BCUT2D eigenvalue weighted by Crippen LogP contribution is -2.47. The van der Waals surface area contributed by atoms with Gasteiger partial charge in [0.1, 0.15) is 11.3 Å². The molecule has 0 fully saturated rings. The van der Waals surface area contributed by atoms with Crippen molar-refractivity contribution in [1.82, 2.24) is 19.4 Å². The Morgan fingerprint density at radius 1 is 1.34 bits per heavy atom. The maximum Gasteiger partial charge on any atom is 0.410 e. The third-order valence-electron chi connectivity index (χ3n) is 4.50. The minimum absolute atomic E-state index is 0.128. The van der Waals surface area contributed by atoms with E-state index in [2.05, 4.69) is 9.97 Å². The highest BCUT2D eigenvalue weighted by Crippen LogP contribution is 2.22. The first-order valence-electron chi connectivity index (χ1n) is 9.04. The highest BCUT2D eigenvalue weighted by atomic mass is 32.1. The van der Waals surface area contributed by atoms with E-state index in [9.17, 15) is 14.4 Å². The highest BCUT2D eigenvalue weighted by Gasteiger charge is 2.32. The van der Waals surface area contributed by atoms with Crippen molar-refractivity contribution in [2.24, 2.45) is 0 Å². The summed E-state index contributed by atoms with van der Waals surface area (Å²) < 4.78 is 6.87. The number of pyridine rings is 1. The zero-order chi connectivity index (χ0) is 21.5. The van der Waals surface area contributed by atoms with E-state index < -0.39 is 17.7 Å². The zero-order valence-corrected chi connectivity index (χ0v) is 17.4. The maximum atomic E-state index is 13.1. The van der Waals surface area contributed by atoms with Crippen LogP contribution in [-0.2, 0) is 17.7 Å². The molecule has 0 radical (unpaired) electrons. The van der Waals surface area contributed by atoms with Crippen molar-refractivity contribution in [3.05, 3.63) is 50.4 Å². The van der Waals surface area contributed by atoms with Crippen LogP contribution in [0.2, 0.25) is 0 Å². The molecule has 1 amide bonds. The van der Waals surface area contributed by atoms with E-state index in [4.69, 9.17) is 22.1 Å². The van der Waals surface area contributed by atoms with Crippen molar-refractivity contribution in [2.45, 2.75) is 52.3 Å². The lowest BCUT2D eigenvalue weighted by molar-refractivity contribution is 0.0133. The topological polar surface area (TPSA) is 118 Å². The van der Waals surface area contributed by atoms with Gasteiger partial charge >= 0.3 is 12.1 Å². The second-order valence-corrected chi connectivity index (χ2v) is 8.28. The molecule has 3 rings (SSSR count). The van der Waals surface area contributed by atoms with E-state index >= 15 is 0 Å². The summed E-state index contributed by atoms with van der Waals surface area (Å²) in [6.45, 7) is 7.42. The number of H-pyrrole nitrogens is 1. The van der Waals surface area contributed by atoms with Crippen LogP contribution in [0.25, 0.3) is 5.69 Å². The fraction of sp³-hybridized carbons (Fsp3) is 0.421. The third-order valence-corrected chi connectivity index (χ3v) is 4.78. The number of carboxylic acid groups (broad SMARTS) is 1. The Labute approximate surface area is 172 Å². The molecule has 10 heteroatoms. The van der Waals surface area contributed by atoms with Gasteiger partial charge in [-0.25, -0.2) is 14.6 Å². The maximum absolute atomic E-state index is 13.1. The van der Waals surface area contributed by atoms with E-state index in [0.29, 0.717) is 23.4 Å². The number of nitrogens with zero attached hydrogens (tertiary/aromatic N) is 3. The van der Waals surface area contributed by atoms with E-state index in [1.807, 2.05) is 6.92 Å². The van der Waals surface area contributed by atoms with Crippen LogP contribution in [0.1, 0.15) is 49.4 Å². The average Bonchev–Trinajstić information content (AvgIpc) is 2.61. The van der Waals surface area contributed by atoms with Gasteiger partial charge < -0.3 is 14.8 Å². The Bertz CT molecular complexity index is 1080. The second kappa shape index (κ2) is 7.43. The first-order chi connectivity index (χ1) is 13.5. The number of hydrogen-bond donors (Lipinski definition) is 2. The predicted octanol–water partition coefficient (Wildman–Crippen LogP) is 2.67. The predicted molar refractivity (Wildman–Crippen MR) is 107 cm³/mol. The van der Waals surface area contributed by atoms with Crippen molar-refractivity contribution in [2.75, 3.05) is 0 Å². The number of carbonyl (C=O) groups excluding carboxylic acids is 1. The molecule has 2 N–H and O–H groups in total. The lowest BCUT2D eigenvalue weighted by atomic mass is 10.0.